The predicted molar refractivity (Wildman–Crippen MR) is 50.4 cm³/mol. The Bertz CT molecular complexity index is 301. The van der Waals surface area contributed by atoms with Crippen molar-refractivity contribution in [3.63, 3.8) is 0 Å². The fraction of sp³-hybridized carbons (Fsp3) is 0.100. The summed E-state index contributed by atoms with van der Waals surface area (Å²) in [4.78, 5) is 11.1. The predicted octanol–water partition coefficient (Wildman–Crippen LogP) is 0.671. The van der Waals surface area contributed by atoms with Gasteiger partial charge in [-0.15, -0.1) is 6.26 Å². The van der Waals surface area contributed by atoms with Gasteiger partial charge in [0.2, 0.25) is 0 Å². The SMILES string of the molecule is Cc1ccc(C(=O)/C=C/[O-])cc1.[Na]. The van der Waals surface area contributed by atoms with E-state index >= 15 is 0 Å². The molecule has 13 heavy (non-hydrogen) atoms. The maximum absolute atomic E-state index is 11.1. The average Bonchev–Trinajstić information content (AvgIpc) is 2.06. The average molecular weight is 184 g/mol. The maximum atomic E-state index is 11.1. The van der Waals surface area contributed by atoms with E-state index in [2.05, 4.69) is 0 Å². The van der Waals surface area contributed by atoms with Gasteiger partial charge in [-0.2, -0.15) is 0 Å². The Labute approximate surface area is 99.6 Å². The van der Waals surface area contributed by atoms with Crippen LogP contribution in [0.15, 0.2) is 36.6 Å². The smallest absolute Gasteiger partial charge is 0.184 e. The summed E-state index contributed by atoms with van der Waals surface area (Å²) in [6.07, 6.45) is 1.52. The minimum absolute atomic E-state index is 0. The molecule has 1 radical (unpaired) electrons. The van der Waals surface area contributed by atoms with Crippen molar-refractivity contribution in [3.05, 3.63) is 47.7 Å². The third-order valence-corrected chi connectivity index (χ3v) is 1.56. The molecule has 0 aromatic heterocycles. The molecular formula is C10H9NaO2-. The van der Waals surface area contributed by atoms with Crippen LogP contribution in [-0.2, 0) is 0 Å². The first kappa shape index (κ1) is 12.4. The third kappa shape index (κ3) is 3.77. The molecule has 0 unspecified atom stereocenters. The van der Waals surface area contributed by atoms with Gasteiger partial charge in [-0.1, -0.05) is 29.8 Å². The van der Waals surface area contributed by atoms with E-state index < -0.39 is 0 Å². The largest absolute Gasteiger partial charge is 0.878 e. The molecule has 1 aromatic carbocycles. The van der Waals surface area contributed by atoms with E-state index in [-0.39, 0.29) is 35.3 Å². The van der Waals surface area contributed by atoms with Crippen LogP contribution >= 0.6 is 0 Å². The standard InChI is InChI=1S/C10H10O2.Na/c1-8-2-4-9(5-3-8)10(12)6-7-11;/h2-7,11H,1H3;/p-1/b7-6+;. The van der Waals surface area contributed by atoms with Crippen molar-refractivity contribution in [1.29, 1.82) is 0 Å². The summed E-state index contributed by atoms with van der Waals surface area (Å²) in [6, 6.07) is 7.09. The number of carbonyl (C=O) groups is 1. The van der Waals surface area contributed by atoms with E-state index in [1.54, 1.807) is 12.1 Å². The molecule has 2 nitrogen and oxygen atoms in total. The Morgan fingerprint density at radius 2 is 1.85 bits per heavy atom. The van der Waals surface area contributed by atoms with Gasteiger partial charge in [0.15, 0.2) is 5.78 Å². The molecule has 0 N–H and O–H groups in total. The second-order valence-corrected chi connectivity index (χ2v) is 2.53. The van der Waals surface area contributed by atoms with Crippen molar-refractivity contribution >= 4 is 35.3 Å². The van der Waals surface area contributed by atoms with Gasteiger partial charge in [0.1, 0.15) is 0 Å². The van der Waals surface area contributed by atoms with Gasteiger partial charge in [0, 0.05) is 35.1 Å². The van der Waals surface area contributed by atoms with Crippen molar-refractivity contribution in [2.75, 3.05) is 0 Å². The summed E-state index contributed by atoms with van der Waals surface area (Å²) in [5.41, 5.74) is 1.64. The Morgan fingerprint density at radius 3 is 2.31 bits per heavy atom. The second-order valence-electron chi connectivity index (χ2n) is 2.53. The minimum Gasteiger partial charge on any atom is -0.878 e. The van der Waals surface area contributed by atoms with Crippen LogP contribution in [-0.4, -0.2) is 35.3 Å². The Kier molecular flexibility index (Phi) is 5.71. The van der Waals surface area contributed by atoms with Crippen LogP contribution in [0.4, 0.5) is 0 Å². The zero-order chi connectivity index (χ0) is 8.97. The van der Waals surface area contributed by atoms with Crippen LogP contribution in [0.3, 0.4) is 0 Å². The topological polar surface area (TPSA) is 40.1 Å². The summed E-state index contributed by atoms with van der Waals surface area (Å²) in [6.45, 7) is 1.94. The van der Waals surface area contributed by atoms with Crippen LogP contribution in [0, 0.1) is 6.92 Å². The van der Waals surface area contributed by atoms with E-state index in [4.69, 9.17) is 0 Å². The zero-order valence-corrected chi connectivity index (χ0v) is 9.78. The number of aryl methyl sites for hydroxylation is 1. The first-order valence-electron chi connectivity index (χ1n) is 3.63. The van der Waals surface area contributed by atoms with E-state index in [9.17, 15) is 9.90 Å². The first-order chi connectivity index (χ1) is 5.74. The third-order valence-electron chi connectivity index (χ3n) is 1.56. The molecule has 0 aliphatic heterocycles. The van der Waals surface area contributed by atoms with E-state index in [0.717, 1.165) is 11.6 Å². The van der Waals surface area contributed by atoms with Crippen molar-refractivity contribution < 1.29 is 9.90 Å². The fourth-order valence-corrected chi connectivity index (χ4v) is 0.876. The van der Waals surface area contributed by atoms with Crippen LogP contribution in [0.25, 0.3) is 0 Å². The molecule has 0 spiro atoms. The molecule has 0 saturated carbocycles. The quantitative estimate of drug-likeness (QED) is 0.293. The van der Waals surface area contributed by atoms with Crippen LogP contribution in [0.2, 0.25) is 0 Å². The van der Waals surface area contributed by atoms with Crippen molar-refractivity contribution in [1.82, 2.24) is 0 Å². The minimum atomic E-state index is -0.245. The normalized spacial score (nSPS) is 9.62. The van der Waals surface area contributed by atoms with Gasteiger partial charge < -0.3 is 5.11 Å². The van der Waals surface area contributed by atoms with E-state index in [0.29, 0.717) is 11.8 Å². The van der Waals surface area contributed by atoms with Crippen LogP contribution in [0.1, 0.15) is 15.9 Å². The molecule has 0 saturated heterocycles. The van der Waals surface area contributed by atoms with Gasteiger partial charge in [-0.25, -0.2) is 0 Å². The van der Waals surface area contributed by atoms with Gasteiger partial charge in [0.25, 0.3) is 0 Å². The van der Waals surface area contributed by atoms with Gasteiger partial charge in [-0.05, 0) is 13.0 Å². The molecule has 3 heteroatoms. The summed E-state index contributed by atoms with van der Waals surface area (Å²) in [7, 11) is 0. The summed E-state index contributed by atoms with van der Waals surface area (Å²) < 4.78 is 0. The molecule has 0 aliphatic rings. The van der Waals surface area contributed by atoms with E-state index in [1.807, 2.05) is 19.1 Å². The maximum Gasteiger partial charge on any atom is 0.184 e. The molecule has 63 valence electrons. The molecule has 0 amide bonds. The molecule has 0 atom stereocenters. The number of carbonyl (C=O) groups excluding carboxylic acids is 1. The van der Waals surface area contributed by atoms with Gasteiger partial charge >= 0.3 is 0 Å². The molecule has 1 rings (SSSR count). The number of allylic oxidation sites excluding steroid dienone is 1. The van der Waals surface area contributed by atoms with Crippen molar-refractivity contribution in [3.8, 4) is 0 Å². The summed E-state index contributed by atoms with van der Waals surface area (Å²) in [5, 5.41) is 9.98. The molecule has 0 heterocycles. The van der Waals surface area contributed by atoms with Crippen molar-refractivity contribution in [2.45, 2.75) is 6.92 Å². The summed E-state index contributed by atoms with van der Waals surface area (Å²) in [5.74, 6) is -0.245. The molecule has 0 aliphatic carbocycles. The van der Waals surface area contributed by atoms with E-state index in [1.165, 1.54) is 0 Å². The first-order valence-corrected chi connectivity index (χ1v) is 3.63. The summed E-state index contributed by atoms with van der Waals surface area (Å²) >= 11 is 0. The Balaban J connectivity index is 0.00000144. The number of benzene rings is 1. The number of ketones is 1. The molecule has 1 aromatic rings. The number of hydrogen-bond donors (Lipinski definition) is 0. The molecular weight excluding hydrogens is 175 g/mol. The second kappa shape index (κ2) is 5.97. The zero-order valence-electron chi connectivity index (χ0n) is 7.78. The van der Waals surface area contributed by atoms with Crippen molar-refractivity contribution in [2.24, 2.45) is 0 Å². The Hall–Kier alpha value is -0.570. The Morgan fingerprint density at radius 1 is 1.31 bits per heavy atom. The van der Waals surface area contributed by atoms with Crippen LogP contribution < -0.4 is 5.11 Å². The monoisotopic (exact) mass is 184 g/mol. The van der Waals surface area contributed by atoms with Gasteiger partial charge in [-0.3, -0.25) is 4.79 Å². The van der Waals surface area contributed by atoms with Crippen LogP contribution in [0.5, 0.6) is 0 Å². The number of rotatable bonds is 2. The molecule has 0 bridgehead atoms. The number of hydrogen-bond acceptors (Lipinski definition) is 2. The molecule has 0 fully saturated rings. The fourth-order valence-electron chi connectivity index (χ4n) is 0.876. The van der Waals surface area contributed by atoms with Gasteiger partial charge in [0.05, 0.1) is 0 Å².